The average molecular weight is 428 g/mol. The molecular weight excluding hydrogens is 398 g/mol. The Morgan fingerprint density at radius 1 is 1.13 bits per heavy atom. The van der Waals surface area contributed by atoms with Crippen molar-refractivity contribution in [2.45, 2.75) is 44.5 Å². The van der Waals surface area contributed by atoms with Crippen LogP contribution in [0.4, 0.5) is 0 Å². The number of rotatable bonds is 9. The summed E-state index contributed by atoms with van der Waals surface area (Å²) in [6.07, 6.45) is 2.58. The van der Waals surface area contributed by atoms with Crippen molar-refractivity contribution in [1.29, 1.82) is 5.26 Å². The Bertz CT molecular complexity index is 964. The van der Waals surface area contributed by atoms with Gasteiger partial charge in [0.05, 0.1) is 29.7 Å². The highest BCUT2D eigenvalue weighted by Gasteiger charge is 2.29. The molecule has 6 nitrogen and oxygen atoms in total. The van der Waals surface area contributed by atoms with Gasteiger partial charge in [-0.05, 0) is 75.0 Å². The second-order valence-corrected chi connectivity index (χ2v) is 10.1. The zero-order valence-corrected chi connectivity index (χ0v) is 18.4. The average Bonchev–Trinajstić information content (AvgIpc) is 3.18. The van der Waals surface area contributed by atoms with Crippen LogP contribution in [0, 0.1) is 11.3 Å². The van der Waals surface area contributed by atoms with Crippen LogP contribution in [0.2, 0.25) is 0 Å². The third kappa shape index (κ3) is 5.82. The minimum atomic E-state index is -3.26. The quantitative estimate of drug-likeness (QED) is 0.617. The van der Waals surface area contributed by atoms with Crippen molar-refractivity contribution in [2.75, 3.05) is 19.7 Å². The topological polar surface area (TPSA) is 82.4 Å². The highest BCUT2D eigenvalue weighted by Crippen LogP contribution is 2.23. The summed E-state index contributed by atoms with van der Waals surface area (Å²) in [6.45, 7) is 5.68. The lowest BCUT2D eigenvalue weighted by atomic mass is 10.0. The van der Waals surface area contributed by atoms with E-state index in [9.17, 15) is 8.42 Å². The van der Waals surface area contributed by atoms with Gasteiger partial charge in [0.1, 0.15) is 5.75 Å². The van der Waals surface area contributed by atoms with Gasteiger partial charge < -0.3 is 4.74 Å². The molecular formula is C23H29N3O3S. The lowest BCUT2D eigenvalue weighted by Crippen LogP contribution is -2.46. The maximum Gasteiger partial charge on any atom is 0.215 e. The SMILES string of the molecule is CC(C)S(=O)(=O)NC1CCCN1CCCOc1ccc(-c2ccc(C#N)cc2)cc1. The number of benzene rings is 2. The number of ether oxygens (including phenoxy) is 1. The second kappa shape index (κ2) is 10.1. The molecule has 160 valence electrons. The van der Waals surface area contributed by atoms with Gasteiger partial charge >= 0.3 is 0 Å². The van der Waals surface area contributed by atoms with E-state index < -0.39 is 15.3 Å². The van der Waals surface area contributed by atoms with Crippen LogP contribution in [0.1, 0.15) is 38.7 Å². The van der Waals surface area contributed by atoms with Gasteiger partial charge in [-0.3, -0.25) is 4.90 Å². The molecule has 1 fully saturated rings. The van der Waals surface area contributed by atoms with Crippen molar-refractivity contribution in [3.05, 3.63) is 54.1 Å². The van der Waals surface area contributed by atoms with Crippen molar-refractivity contribution in [1.82, 2.24) is 9.62 Å². The van der Waals surface area contributed by atoms with Gasteiger partial charge in [-0.2, -0.15) is 9.98 Å². The largest absolute Gasteiger partial charge is 0.494 e. The number of nitrogens with one attached hydrogen (secondary N) is 1. The molecule has 1 N–H and O–H groups in total. The molecule has 0 radical (unpaired) electrons. The summed E-state index contributed by atoms with van der Waals surface area (Å²) in [5.41, 5.74) is 2.78. The number of hydrogen-bond donors (Lipinski definition) is 1. The lowest BCUT2D eigenvalue weighted by Gasteiger charge is -2.26. The van der Waals surface area contributed by atoms with Crippen molar-refractivity contribution >= 4 is 10.0 Å². The summed E-state index contributed by atoms with van der Waals surface area (Å²) in [6, 6.07) is 17.5. The predicted molar refractivity (Wildman–Crippen MR) is 118 cm³/mol. The summed E-state index contributed by atoms with van der Waals surface area (Å²) in [5.74, 6) is 0.811. The summed E-state index contributed by atoms with van der Waals surface area (Å²) in [4.78, 5) is 2.19. The minimum absolute atomic E-state index is 0.107. The van der Waals surface area contributed by atoms with Crippen molar-refractivity contribution < 1.29 is 13.2 Å². The summed E-state index contributed by atoms with van der Waals surface area (Å²) in [7, 11) is -3.26. The van der Waals surface area contributed by atoms with E-state index in [2.05, 4.69) is 15.7 Å². The van der Waals surface area contributed by atoms with E-state index in [-0.39, 0.29) is 6.17 Å². The normalized spacial score (nSPS) is 17.2. The zero-order valence-electron chi connectivity index (χ0n) is 17.5. The van der Waals surface area contributed by atoms with Gasteiger partial charge in [0.25, 0.3) is 0 Å². The lowest BCUT2D eigenvalue weighted by molar-refractivity contribution is 0.213. The fourth-order valence-electron chi connectivity index (χ4n) is 3.49. The van der Waals surface area contributed by atoms with Crippen LogP contribution in [0.15, 0.2) is 48.5 Å². The first-order valence-electron chi connectivity index (χ1n) is 10.4. The molecule has 2 aromatic carbocycles. The van der Waals surface area contributed by atoms with Crippen LogP contribution in [0.5, 0.6) is 5.75 Å². The smallest absolute Gasteiger partial charge is 0.215 e. The highest BCUT2D eigenvalue weighted by atomic mass is 32.2. The van der Waals surface area contributed by atoms with E-state index in [4.69, 9.17) is 10.00 Å². The molecule has 1 aliphatic heterocycles. The zero-order chi connectivity index (χ0) is 21.6. The third-order valence-corrected chi connectivity index (χ3v) is 7.19. The van der Waals surface area contributed by atoms with Gasteiger partial charge in [0, 0.05) is 6.54 Å². The Hall–Kier alpha value is -2.40. The molecule has 2 aromatic rings. The van der Waals surface area contributed by atoms with E-state index >= 15 is 0 Å². The Balaban J connectivity index is 1.45. The molecule has 1 aliphatic rings. The van der Waals surface area contributed by atoms with E-state index in [1.165, 1.54) is 0 Å². The maximum absolute atomic E-state index is 12.1. The van der Waals surface area contributed by atoms with Crippen LogP contribution in [0.3, 0.4) is 0 Å². The number of nitriles is 1. The summed E-state index contributed by atoms with van der Waals surface area (Å²) < 4.78 is 33.0. The van der Waals surface area contributed by atoms with Gasteiger partial charge in [-0.25, -0.2) is 8.42 Å². The number of hydrogen-bond acceptors (Lipinski definition) is 5. The molecule has 30 heavy (non-hydrogen) atoms. The first-order chi connectivity index (χ1) is 14.4. The standard InChI is InChI=1S/C23H29N3O3S/c1-18(2)30(27,28)25-23-5-3-14-26(23)15-4-16-29-22-12-10-21(11-13-22)20-8-6-19(17-24)7-9-20/h6-13,18,23,25H,3-5,14-16H2,1-2H3. The number of likely N-dealkylation sites (tertiary alicyclic amines) is 1. The molecule has 1 saturated heterocycles. The number of sulfonamides is 1. The van der Waals surface area contributed by atoms with Crippen molar-refractivity contribution in [2.24, 2.45) is 0 Å². The van der Waals surface area contributed by atoms with Crippen LogP contribution in [-0.2, 0) is 10.0 Å². The predicted octanol–water partition coefficient (Wildman–Crippen LogP) is 3.74. The number of nitrogens with zero attached hydrogens (tertiary/aromatic N) is 2. The third-order valence-electron chi connectivity index (χ3n) is 5.34. The molecule has 0 bridgehead atoms. The van der Waals surface area contributed by atoms with Crippen LogP contribution < -0.4 is 9.46 Å². The van der Waals surface area contributed by atoms with Crippen molar-refractivity contribution in [3.63, 3.8) is 0 Å². The van der Waals surface area contributed by atoms with Gasteiger partial charge in [0.2, 0.25) is 10.0 Å². The molecule has 0 spiro atoms. The van der Waals surface area contributed by atoms with E-state index in [0.29, 0.717) is 12.2 Å². The maximum atomic E-state index is 12.1. The fourth-order valence-corrected chi connectivity index (χ4v) is 4.41. The van der Waals surface area contributed by atoms with Crippen LogP contribution >= 0.6 is 0 Å². The summed E-state index contributed by atoms with van der Waals surface area (Å²) in [5, 5.41) is 8.47. The molecule has 0 aliphatic carbocycles. The van der Waals surface area contributed by atoms with Gasteiger partial charge in [-0.1, -0.05) is 24.3 Å². The Morgan fingerprint density at radius 3 is 2.37 bits per heavy atom. The fraction of sp³-hybridized carbons (Fsp3) is 0.435. The molecule has 3 rings (SSSR count). The van der Waals surface area contributed by atoms with Gasteiger partial charge in [-0.15, -0.1) is 0 Å². The molecule has 0 saturated carbocycles. The first kappa shape index (κ1) is 22.3. The first-order valence-corrected chi connectivity index (χ1v) is 11.9. The monoisotopic (exact) mass is 427 g/mol. The molecule has 1 atom stereocenters. The molecule has 7 heteroatoms. The second-order valence-electron chi connectivity index (χ2n) is 7.82. The molecule has 1 unspecified atom stereocenters. The van der Waals surface area contributed by atoms with Crippen LogP contribution in [0.25, 0.3) is 11.1 Å². The van der Waals surface area contributed by atoms with E-state index in [1.807, 2.05) is 48.5 Å². The molecule has 1 heterocycles. The molecule has 0 aromatic heterocycles. The molecule has 0 amide bonds. The van der Waals surface area contributed by atoms with Crippen LogP contribution in [-0.4, -0.2) is 44.4 Å². The van der Waals surface area contributed by atoms with Crippen molar-refractivity contribution in [3.8, 4) is 22.9 Å². The Labute approximate surface area is 179 Å². The summed E-state index contributed by atoms with van der Waals surface area (Å²) >= 11 is 0. The minimum Gasteiger partial charge on any atom is -0.494 e. The van der Waals surface area contributed by atoms with E-state index in [1.54, 1.807) is 13.8 Å². The Kier molecular flexibility index (Phi) is 7.48. The van der Waals surface area contributed by atoms with Gasteiger partial charge in [0.15, 0.2) is 0 Å². The Morgan fingerprint density at radius 2 is 1.77 bits per heavy atom. The van der Waals surface area contributed by atoms with E-state index in [0.717, 1.165) is 49.2 Å². The highest BCUT2D eigenvalue weighted by molar-refractivity contribution is 7.90.